The van der Waals surface area contributed by atoms with Gasteiger partial charge >= 0.3 is 5.97 Å². The van der Waals surface area contributed by atoms with Crippen molar-refractivity contribution in [3.05, 3.63) is 40.9 Å². The molecule has 6 heteroatoms. The Balaban J connectivity index is 1.90. The van der Waals surface area contributed by atoms with E-state index in [-0.39, 0.29) is 5.91 Å². The van der Waals surface area contributed by atoms with Crippen LogP contribution in [0.2, 0.25) is 0 Å². The molecule has 0 spiro atoms. The van der Waals surface area contributed by atoms with Crippen molar-refractivity contribution in [3.63, 3.8) is 0 Å². The second-order valence-corrected chi connectivity index (χ2v) is 7.49. The molecule has 1 fully saturated rings. The molecule has 1 aromatic heterocycles. The van der Waals surface area contributed by atoms with Gasteiger partial charge in [-0.2, -0.15) is 0 Å². The summed E-state index contributed by atoms with van der Waals surface area (Å²) in [5.41, 5.74) is 1.23. The van der Waals surface area contributed by atoms with E-state index in [4.69, 9.17) is 0 Å². The van der Waals surface area contributed by atoms with Crippen LogP contribution < -0.4 is 0 Å². The number of carboxylic acids is 1. The van der Waals surface area contributed by atoms with Crippen molar-refractivity contribution < 1.29 is 14.7 Å². The fraction of sp³-hybridized carbons (Fsp3) is 0.421. The third kappa shape index (κ3) is 3.31. The molecule has 1 aliphatic rings. The van der Waals surface area contributed by atoms with Gasteiger partial charge in [0.05, 0.1) is 0 Å². The summed E-state index contributed by atoms with van der Waals surface area (Å²) in [5, 5.41) is 12.6. The summed E-state index contributed by atoms with van der Waals surface area (Å²) in [6.45, 7) is 1.93. The highest BCUT2D eigenvalue weighted by molar-refractivity contribution is 7.13. The Bertz CT molecular complexity index is 793. The Hall–Kier alpha value is -2.21. The van der Waals surface area contributed by atoms with Crippen molar-refractivity contribution in [2.24, 2.45) is 0 Å². The molecule has 1 aliphatic carbocycles. The third-order valence-electron chi connectivity index (χ3n) is 5.00. The van der Waals surface area contributed by atoms with Gasteiger partial charge in [-0.1, -0.05) is 31.4 Å². The highest BCUT2D eigenvalue weighted by atomic mass is 32.1. The lowest BCUT2D eigenvalue weighted by Gasteiger charge is -2.41. The molecule has 25 heavy (non-hydrogen) atoms. The average molecular weight is 358 g/mol. The number of nitrogens with zero attached hydrogens (tertiary/aromatic N) is 2. The van der Waals surface area contributed by atoms with Crippen LogP contribution in [0.15, 0.2) is 29.6 Å². The van der Waals surface area contributed by atoms with Crippen molar-refractivity contribution >= 4 is 23.2 Å². The van der Waals surface area contributed by atoms with Gasteiger partial charge in [-0.3, -0.25) is 4.79 Å². The average Bonchev–Trinajstić information content (AvgIpc) is 3.07. The lowest BCUT2D eigenvalue weighted by atomic mass is 9.80. The summed E-state index contributed by atoms with van der Waals surface area (Å²) in [6.07, 6.45) is 3.71. The highest BCUT2D eigenvalue weighted by Crippen LogP contribution is 2.34. The quantitative estimate of drug-likeness (QED) is 0.897. The van der Waals surface area contributed by atoms with Crippen LogP contribution in [0.3, 0.4) is 0 Å². The molecule has 0 atom stereocenters. The number of thiazole rings is 1. The summed E-state index contributed by atoms with van der Waals surface area (Å²) in [4.78, 5) is 30.8. The van der Waals surface area contributed by atoms with Gasteiger partial charge in [-0.25, -0.2) is 9.78 Å². The first-order valence-electron chi connectivity index (χ1n) is 8.48. The van der Waals surface area contributed by atoms with Crippen LogP contribution in [0.5, 0.6) is 0 Å². The largest absolute Gasteiger partial charge is 0.479 e. The fourth-order valence-corrected chi connectivity index (χ4v) is 4.28. The predicted octanol–water partition coefficient (Wildman–Crippen LogP) is 3.98. The van der Waals surface area contributed by atoms with E-state index in [1.807, 2.05) is 24.4 Å². The second-order valence-electron chi connectivity index (χ2n) is 6.64. The lowest BCUT2D eigenvalue weighted by molar-refractivity contribution is -0.151. The maximum atomic E-state index is 13.0. The van der Waals surface area contributed by atoms with Gasteiger partial charge in [0.2, 0.25) is 0 Å². The number of aliphatic carboxylic acids is 1. The zero-order chi connectivity index (χ0) is 18.0. The molecule has 0 unspecified atom stereocenters. The molecule has 0 radical (unpaired) electrons. The van der Waals surface area contributed by atoms with E-state index >= 15 is 0 Å². The van der Waals surface area contributed by atoms with E-state index in [1.165, 1.54) is 16.2 Å². The van der Waals surface area contributed by atoms with Crippen LogP contribution in [0.25, 0.3) is 10.6 Å². The van der Waals surface area contributed by atoms with E-state index in [0.29, 0.717) is 18.4 Å². The Morgan fingerprint density at radius 3 is 2.56 bits per heavy atom. The van der Waals surface area contributed by atoms with Crippen LogP contribution in [-0.4, -0.2) is 39.5 Å². The molecule has 1 N–H and O–H groups in total. The Kier molecular flexibility index (Phi) is 4.90. The van der Waals surface area contributed by atoms with Crippen molar-refractivity contribution in [2.45, 2.75) is 44.6 Å². The molecular weight excluding hydrogens is 336 g/mol. The molecule has 1 amide bonds. The van der Waals surface area contributed by atoms with Crippen molar-refractivity contribution in [1.29, 1.82) is 0 Å². The molecule has 0 aliphatic heterocycles. The molecule has 1 saturated carbocycles. The zero-order valence-corrected chi connectivity index (χ0v) is 15.3. The minimum Gasteiger partial charge on any atom is -0.479 e. The van der Waals surface area contributed by atoms with Gasteiger partial charge in [0, 0.05) is 29.2 Å². The highest BCUT2D eigenvalue weighted by Gasteiger charge is 2.45. The first kappa shape index (κ1) is 17.6. The van der Waals surface area contributed by atoms with Gasteiger partial charge in [0.25, 0.3) is 5.91 Å². The molecule has 0 bridgehead atoms. The standard InChI is InChI=1S/C19H22N2O3S/c1-13-12-25-16(20-13)14-7-6-8-15(11-14)17(22)21(2)19(18(23)24)9-4-3-5-10-19/h6-8,11-12H,3-5,9-10H2,1-2H3,(H,23,24). The number of rotatable bonds is 4. The van der Waals surface area contributed by atoms with Crippen molar-refractivity contribution in [3.8, 4) is 10.6 Å². The summed E-state index contributed by atoms with van der Waals surface area (Å²) in [7, 11) is 1.61. The first-order valence-corrected chi connectivity index (χ1v) is 9.36. The molecule has 2 aromatic rings. The molecule has 132 valence electrons. The topological polar surface area (TPSA) is 70.5 Å². The van der Waals surface area contributed by atoms with Crippen molar-refractivity contribution in [1.82, 2.24) is 9.88 Å². The lowest BCUT2D eigenvalue weighted by Crippen LogP contribution is -2.56. The SMILES string of the molecule is Cc1csc(-c2cccc(C(=O)N(C)C3(C(=O)O)CCCCC3)c2)n1. The normalized spacial score (nSPS) is 16.4. The number of aromatic nitrogens is 1. The summed E-state index contributed by atoms with van der Waals surface area (Å²) >= 11 is 1.53. The van der Waals surface area contributed by atoms with Gasteiger partial charge in [0.1, 0.15) is 10.5 Å². The van der Waals surface area contributed by atoms with Crippen molar-refractivity contribution in [2.75, 3.05) is 7.05 Å². The first-order chi connectivity index (χ1) is 11.9. The number of carbonyl (C=O) groups is 2. The maximum absolute atomic E-state index is 13.0. The smallest absolute Gasteiger partial charge is 0.329 e. The van der Waals surface area contributed by atoms with E-state index in [9.17, 15) is 14.7 Å². The number of amides is 1. The van der Waals surface area contributed by atoms with E-state index in [0.717, 1.165) is 35.5 Å². The summed E-state index contributed by atoms with van der Waals surface area (Å²) in [5.74, 6) is -1.16. The molecule has 1 heterocycles. The Morgan fingerprint density at radius 2 is 1.96 bits per heavy atom. The minimum absolute atomic E-state index is 0.251. The third-order valence-corrected chi connectivity index (χ3v) is 6.01. The number of likely N-dealkylation sites (N-methyl/N-ethyl adjacent to an activating group) is 1. The predicted molar refractivity (Wildman–Crippen MR) is 97.8 cm³/mol. The van der Waals surface area contributed by atoms with E-state index in [1.54, 1.807) is 19.2 Å². The molecule has 3 rings (SSSR count). The number of benzene rings is 1. The summed E-state index contributed by atoms with van der Waals surface area (Å²) in [6, 6.07) is 7.28. The van der Waals surface area contributed by atoms with Crippen LogP contribution in [0.4, 0.5) is 0 Å². The molecular formula is C19H22N2O3S. The number of carboxylic acid groups (broad SMARTS) is 1. The van der Waals surface area contributed by atoms with E-state index in [2.05, 4.69) is 4.98 Å². The minimum atomic E-state index is -1.09. The zero-order valence-electron chi connectivity index (χ0n) is 14.5. The van der Waals surface area contributed by atoms with Gasteiger partial charge < -0.3 is 10.0 Å². The molecule has 5 nitrogen and oxygen atoms in total. The molecule has 0 saturated heterocycles. The van der Waals surface area contributed by atoms with Crippen LogP contribution in [-0.2, 0) is 4.79 Å². The van der Waals surface area contributed by atoms with Crippen LogP contribution in [0, 0.1) is 6.92 Å². The maximum Gasteiger partial charge on any atom is 0.329 e. The van der Waals surface area contributed by atoms with E-state index < -0.39 is 11.5 Å². The Labute approximate surface area is 151 Å². The number of carbonyl (C=O) groups excluding carboxylic acids is 1. The monoisotopic (exact) mass is 358 g/mol. The van der Waals surface area contributed by atoms with Gasteiger partial charge in [0.15, 0.2) is 0 Å². The second kappa shape index (κ2) is 6.96. The fourth-order valence-electron chi connectivity index (χ4n) is 3.49. The summed E-state index contributed by atoms with van der Waals surface area (Å²) < 4.78 is 0. The van der Waals surface area contributed by atoms with Crippen LogP contribution in [0.1, 0.15) is 48.2 Å². The van der Waals surface area contributed by atoms with Crippen LogP contribution >= 0.6 is 11.3 Å². The van der Waals surface area contributed by atoms with Gasteiger partial charge in [-0.05, 0) is 31.9 Å². The number of hydrogen-bond acceptors (Lipinski definition) is 4. The Morgan fingerprint density at radius 1 is 1.24 bits per heavy atom. The number of hydrogen-bond donors (Lipinski definition) is 1. The number of aryl methyl sites for hydroxylation is 1. The molecule has 1 aromatic carbocycles. The van der Waals surface area contributed by atoms with Gasteiger partial charge in [-0.15, -0.1) is 11.3 Å².